The van der Waals surface area contributed by atoms with E-state index >= 15 is 0 Å². The van der Waals surface area contributed by atoms with E-state index in [-0.39, 0.29) is 17.2 Å². The summed E-state index contributed by atoms with van der Waals surface area (Å²) in [6.07, 6.45) is 1.42. The molecule has 0 heterocycles. The second-order valence-corrected chi connectivity index (χ2v) is 4.45. The molecule has 0 aliphatic rings. The van der Waals surface area contributed by atoms with Gasteiger partial charge in [-0.25, -0.2) is 0 Å². The zero-order valence-corrected chi connectivity index (χ0v) is 11.2. The second-order valence-electron chi connectivity index (χ2n) is 4.45. The van der Waals surface area contributed by atoms with Gasteiger partial charge < -0.3 is 11.1 Å². The van der Waals surface area contributed by atoms with Gasteiger partial charge in [-0.3, -0.25) is 14.9 Å². The van der Waals surface area contributed by atoms with Crippen LogP contribution in [-0.2, 0) is 0 Å². The molecule has 0 unspecified atom stereocenters. The SMILES string of the molecule is CCC(CC)(CN)NC(=O)c1cccc([N+](=O)[O-])c1. The van der Waals surface area contributed by atoms with Gasteiger partial charge in [0.1, 0.15) is 0 Å². The first-order valence-electron chi connectivity index (χ1n) is 6.25. The van der Waals surface area contributed by atoms with Gasteiger partial charge in [0.15, 0.2) is 0 Å². The van der Waals surface area contributed by atoms with Crippen LogP contribution in [0.25, 0.3) is 0 Å². The molecular formula is C13H19N3O3. The molecule has 1 amide bonds. The number of non-ortho nitro benzene ring substituents is 1. The van der Waals surface area contributed by atoms with E-state index in [1.165, 1.54) is 18.2 Å². The van der Waals surface area contributed by atoms with Gasteiger partial charge in [-0.05, 0) is 18.9 Å². The summed E-state index contributed by atoms with van der Waals surface area (Å²) in [6.45, 7) is 4.23. The van der Waals surface area contributed by atoms with Gasteiger partial charge in [-0.2, -0.15) is 0 Å². The standard InChI is InChI=1S/C13H19N3O3/c1-3-13(4-2,9-14)15-12(17)10-6-5-7-11(8-10)16(18)19/h5-8H,3-4,9,14H2,1-2H3,(H,15,17). The van der Waals surface area contributed by atoms with Crippen molar-refractivity contribution in [2.75, 3.05) is 6.54 Å². The van der Waals surface area contributed by atoms with Gasteiger partial charge in [-0.15, -0.1) is 0 Å². The molecule has 1 rings (SSSR count). The molecule has 1 aromatic rings. The number of nitrogens with zero attached hydrogens (tertiary/aromatic N) is 1. The molecule has 3 N–H and O–H groups in total. The van der Waals surface area contributed by atoms with Crippen molar-refractivity contribution < 1.29 is 9.72 Å². The third-order valence-electron chi connectivity index (χ3n) is 3.44. The Bertz CT molecular complexity index is 462. The predicted molar refractivity (Wildman–Crippen MR) is 72.9 cm³/mol. The molecule has 0 bridgehead atoms. The maximum absolute atomic E-state index is 12.1. The van der Waals surface area contributed by atoms with Crippen LogP contribution in [-0.4, -0.2) is 22.9 Å². The molecule has 104 valence electrons. The summed E-state index contributed by atoms with van der Waals surface area (Å²) in [7, 11) is 0. The highest BCUT2D eigenvalue weighted by atomic mass is 16.6. The minimum atomic E-state index is -0.521. The quantitative estimate of drug-likeness (QED) is 0.605. The first-order chi connectivity index (χ1) is 8.98. The van der Waals surface area contributed by atoms with E-state index in [2.05, 4.69) is 5.32 Å². The lowest BCUT2D eigenvalue weighted by atomic mass is 9.92. The number of carbonyl (C=O) groups excluding carboxylic acids is 1. The summed E-state index contributed by atoms with van der Waals surface area (Å²) >= 11 is 0. The lowest BCUT2D eigenvalue weighted by molar-refractivity contribution is -0.384. The van der Waals surface area contributed by atoms with Crippen molar-refractivity contribution in [3.63, 3.8) is 0 Å². The molecule has 0 atom stereocenters. The summed E-state index contributed by atoms with van der Waals surface area (Å²) in [6, 6.07) is 5.67. The lowest BCUT2D eigenvalue weighted by Gasteiger charge is -2.31. The molecule has 0 aromatic heterocycles. The predicted octanol–water partition coefficient (Wildman–Crippen LogP) is 1.84. The topological polar surface area (TPSA) is 98.3 Å². The van der Waals surface area contributed by atoms with E-state index in [1.54, 1.807) is 6.07 Å². The van der Waals surface area contributed by atoms with Gasteiger partial charge in [-0.1, -0.05) is 19.9 Å². The Morgan fingerprint density at radius 3 is 2.53 bits per heavy atom. The Hall–Kier alpha value is -1.95. The number of hydrogen-bond acceptors (Lipinski definition) is 4. The van der Waals surface area contributed by atoms with E-state index in [4.69, 9.17) is 5.73 Å². The van der Waals surface area contributed by atoms with Crippen molar-refractivity contribution in [2.45, 2.75) is 32.2 Å². The fourth-order valence-electron chi connectivity index (χ4n) is 1.84. The van der Waals surface area contributed by atoms with Crippen molar-refractivity contribution in [1.82, 2.24) is 5.32 Å². The van der Waals surface area contributed by atoms with E-state index < -0.39 is 10.5 Å². The molecule has 6 heteroatoms. The average Bonchev–Trinajstić information content (AvgIpc) is 2.45. The van der Waals surface area contributed by atoms with Crippen LogP contribution < -0.4 is 11.1 Å². The van der Waals surface area contributed by atoms with Crippen LogP contribution in [0, 0.1) is 10.1 Å². The van der Waals surface area contributed by atoms with Crippen molar-refractivity contribution in [2.24, 2.45) is 5.73 Å². The summed E-state index contributed by atoms with van der Waals surface area (Å²) in [5, 5.41) is 13.6. The zero-order chi connectivity index (χ0) is 14.5. The molecule has 19 heavy (non-hydrogen) atoms. The molecule has 0 saturated heterocycles. The van der Waals surface area contributed by atoms with Gasteiger partial charge in [0.2, 0.25) is 0 Å². The van der Waals surface area contributed by atoms with Gasteiger partial charge in [0.05, 0.1) is 10.5 Å². The summed E-state index contributed by atoms with van der Waals surface area (Å²) in [4.78, 5) is 22.3. The van der Waals surface area contributed by atoms with Gasteiger partial charge >= 0.3 is 0 Å². The number of amides is 1. The average molecular weight is 265 g/mol. The van der Waals surface area contributed by atoms with Crippen LogP contribution in [0.1, 0.15) is 37.0 Å². The van der Waals surface area contributed by atoms with Gasteiger partial charge in [0.25, 0.3) is 11.6 Å². The van der Waals surface area contributed by atoms with Crippen LogP contribution in [0.15, 0.2) is 24.3 Å². The molecule has 0 radical (unpaired) electrons. The minimum absolute atomic E-state index is 0.0982. The Balaban J connectivity index is 2.94. The number of benzene rings is 1. The highest BCUT2D eigenvalue weighted by Crippen LogP contribution is 2.17. The molecule has 6 nitrogen and oxygen atoms in total. The summed E-state index contributed by atoms with van der Waals surface area (Å²) < 4.78 is 0. The number of hydrogen-bond donors (Lipinski definition) is 2. The van der Waals surface area contributed by atoms with Crippen molar-refractivity contribution in [3.8, 4) is 0 Å². The number of nitro groups is 1. The number of rotatable bonds is 6. The van der Waals surface area contributed by atoms with Gasteiger partial charge in [0, 0.05) is 24.2 Å². The fourth-order valence-corrected chi connectivity index (χ4v) is 1.84. The largest absolute Gasteiger partial charge is 0.345 e. The van der Waals surface area contributed by atoms with Crippen LogP contribution in [0.4, 0.5) is 5.69 Å². The summed E-state index contributed by atoms with van der Waals surface area (Å²) in [5.74, 6) is -0.335. The normalized spacial score (nSPS) is 11.1. The van der Waals surface area contributed by atoms with Crippen LogP contribution in [0.3, 0.4) is 0 Å². The van der Waals surface area contributed by atoms with E-state index in [9.17, 15) is 14.9 Å². The van der Waals surface area contributed by atoms with Crippen molar-refractivity contribution in [3.05, 3.63) is 39.9 Å². The molecule has 1 aromatic carbocycles. The smallest absolute Gasteiger partial charge is 0.270 e. The maximum atomic E-state index is 12.1. The third kappa shape index (κ3) is 3.51. The summed E-state index contributed by atoms with van der Waals surface area (Å²) in [5.41, 5.74) is 5.43. The monoisotopic (exact) mass is 265 g/mol. The minimum Gasteiger partial charge on any atom is -0.345 e. The number of nitrogens with two attached hydrogens (primary N) is 1. The zero-order valence-electron chi connectivity index (χ0n) is 11.2. The fraction of sp³-hybridized carbons (Fsp3) is 0.462. The molecular weight excluding hydrogens is 246 g/mol. The molecule has 0 fully saturated rings. The molecule has 0 spiro atoms. The second kappa shape index (κ2) is 6.29. The maximum Gasteiger partial charge on any atom is 0.270 e. The highest BCUT2D eigenvalue weighted by Gasteiger charge is 2.27. The van der Waals surface area contributed by atoms with E-state index in [1.807, 2.05) is 13.8 Å². The number of nitrogens with one attached hydrogen (secondary N) is 1. The third-order valence-corrected chi connectivity index (χ3v) is 3.44. The van der Waals surface area contributed by atoms with Crippen molar-refractivity contribution in [1.29, 1.82) is 0 Å². The van der Waals surface area contributed by atoms with Crippen LogP contribution in [0.2, 0.25) is 0 Å². The Morgan fingerprint density at radius 2 is 2.05 bits per heavy atom. The Kier molecular flexibility index (Phi) is 5.00. The number of nitro benzene ring substituents is 1. The van der Waals surface area contributed by atoms with Crippen LogP contribution >= 0.6 is 0 Å². The molecule has 0 saturated carbocycles. The Morgan fingerprint density at radius 1 is 1.42 bits per heavy atom. The first-order valence-corrected chi connectivity index (χ1v) is 6.25. The van der Waals surface area contributed by atoms with E-state index in [0.717, 1.165) is 0 Å². The molecule has 0 aliphatic carbocycles. The van der Waals surface area contributed by atoms with E-state index in [0.29, 0.717) is 19.4 Å². The highest BCUT2D eigenvalue weighted by molar-refractivity contribution is 5.95. The first kappa shape index (κ1) is 15.1. The Labute approximate surface area is 112 Å². The van der Waals surface area contributed by atoms with Crippen molar-refractivity contribution >= 4 is 11.6 Å². The molecule has 0 aliphatic heterocycles. The van der Waals surface area contributed by atoms with Crippen LogP contribution in [0.5, 0.6) is 0 Å². The number of carbonyl (C=O) groups is 1. The lowest BCUT2D eigenvalue weighted by Crippen LogP contribution is -2.52.